The summed E-state index contributed by atoms with van der Waals surface area (Å²) in [5.41, 5.74) is 5.29. The van der Waals surface area contributed by atoms with Gasteiger partial charge in [0, 0.05) is 30.5 Å². The summed E-state index contributed by atoms with van der Waals surface area (Å²) >= 11 is 0. The smallest absolute Gasteiger partial charge is 0.140 e. The second-order valence-electron chi connectivity index (χ2n) is 7.29. The highest BCUT2D eigenvalue weighted by Gasteiger charge is 2.12. The molecule has 0 aliphatic carbocycles. The number of pyridine rings is 1. The first-order valence-electron chi connectivity index (χ1n) is 9.61. The van der Waals surface area contributed by atoms with Gasteiger partial charge in [-0.2, -0.15) is 0 Å². The van der Waals surface area contributed by atoms with E-state index in [-0.39, 0.29) is 11.6 Å². The summed E-state index contributed by atoms with van der Waals surface area (Å²) in [5, 5.41) is 11.6. The Hall–Kier alpha value is -3.93. The third-order valence-corrected chi connectivity index (χ3v) is 5.20. The molecule has 0 saturated heterocycles. The quantitative estimate of drug-likeness (QED) is 0.459. The molecule has 5 nitrogen and oxygen atoms in total. The van der Waals surface area contributed by atoms with Crippen molar-refractivity contribution < 1.29 is 9.50 Å². The summed E-state index contributed by atoms with van der Waals surface area (Å²) in [4.78, 5) is 8.76. The van der Waals surface area contributed by atoms with Crippen LogP contribution in [0.3, 0.4) is 0 Å². The van der Waals surface area contributed by atoms with E-state index in [0.717, 1.165) is 33.4 Å². The molecule has 0 atom stereocenters. The van der Waals surface area contributed by atoms with E-state index < -0.39 is 0 Å². The normalized spacial score (nSPS) is 11.3. The molecule has 3 aromatic heterocycles. The Morgan fingerprint density at radius 3 is 2.57 bits per heavy atom. The Labute approximate surface area is 172 Å². The highest BCUT2D eigenvalue weighted by atomic mass is 19.1. The number of phenolic OH excluding ortho intramolecular Hbond substituents is 1. The second-order valence-corrected chi connectivity index (χ2v) is 7.29. The monoisotopic (exact) mass is 398 g/mol. The van der Waals surface area contributed by atoms with Crippen molar-refractivity contribution in [3.05, 3.63) is 96.6 Å². The van der Waals surface area contributed by atoms with Gasteiger partial charge in [0.25, 0.3) is 0 Å². The molecular weight excluding hydrogens is 379 g/mol. The number of fused-ring (bicyclic) bond motifs is 1. The molecule has 0 spiro atoms. The third kappa shape index (κ3) is 3.22. The van der Waals surface area contributed by atoms with Crippen LogP contribution in [0.25, 0.3) is 27.8 Å². The van der Waals surface area contributed by atoms with Gasteiger partial charge < -0.3 is 14.2 Å². The van der Waals surface area contributed by atoms with Crippen LogP contribution in [0.2, 0.25) is 0 Å². The number of imidazole rings is 1. The number of hydrogen-bond donors (Lipinski definition) is 1. The molecule has 30 heavy (non-hydrogen) atoms. The average Bonchev–Trinajstić information content (AvgIpc) is 3.36. The first-order chi connectivity index (χ1) is 14.6. The molecule has 0 radical (unpaired) electrons. The maximum atomic E-state index is 13.2. The van der Waals surface area contributed by atoms with E-state index in [1.54, 1.807) is 35.3 Å². The maximum absolute atomic E-state index is 13.2. The molecule has 148 valence electrons. The van der Waals surface area contributed by atoms with E-state index >= 15 is 0 Å². The second kappa shape index (κ2) is 7.15. The van der Waals surface area contributed by atoms with Gasteiger partial charge >= 0.3 is 0 Å². The molecule has 0 aliphatic rings. The van der Waals surface area contributed by atoms with Crippen LogP contribution in [0.15, 0.2) is 79.5 Å². The van der Waals surface area contributed by atoms with E-state index in [0.29, 0.717) is 12.2 Å². The van der Waals surface area contributed by atoms with Crippen LogP contribution >= 0.6 is 0 Å². The predicted octanol–water partition coefficient (Wildman–Crippen LogP) is 5.09. The molecule has 0 unspecified atom stereocenters. The molecule has 0 saturated carbocycles. The minimum Gasteiger partial charge on any atom is -0.506 e. The van der Waals surface area contributed by atoms with E-state index in [2.05, 4.69) is 9.97 Å². The average molecular weight is 398 g/mol. The topological polar surface area (TPSA) is 55.9 Å². The molecule has 5 aromatic rings. The minimum absolute atomic E-state index is 0.181. The van der Waals surface area contributed by atoms with Gasteiger partial charge in [-0.25, -0.2) is 14.4 Å². The van der Waals surface area contributed by atoms with Crippen molar-refractivity contribution in [2.24, 2.45) is 0 Å². The zero-order chi connectivity index (χ0) is 20.7. The van der Waals surface area contributed by atoms with Gasteiger partial charge in [-0.3, -0.25) is 0 Å². The highest BCUT2D eigenvalue weighted by Crippen LogP contribution is 2.33. The van der Waals surface area contributed by atoms with Gasteiger partial charge in [0.15, 0.2) is 0 Å². The van der Waals surface area contributed by atoms with Crippen molar-refractivity contribution >= 4 is 11.0 Å². The Kier molecular flexibility index (Phi) is 4.32. The van der Waals surface area contributed by atoms with Crippen molar-refractivity contribution in [1.29, 1.82) is 0 Å². The Balaban J connectivity index is 1.53. The Bertz CT molecular complexity index is 1350. The first-order valence-corrected chi connectivity index (χ1v) is 9.61. The lowest BCUT2D eigenvalue weighted by molar-refractivity contribution is 0.472. The predicted molar refractivity (Wildman–Crippen MR) is 114 cm³/mol. The standard InChI is InChI=1S/C24H19FN4O/c1-16-13-29(15-27-16)22-7-4-18(12-23(22)30)20-8-10-26-24-21(20)9-11-28(24)14-17-2-5-19(25)6-3-17/h2-13,15,30H,14H2,1H3. The fourth-order valence-electron chi connectivity index (χ4n) is 3.72. The molecule has 0 aliphatic heterocycles. The van der Waals surface area contributed by atoms with Gasteiger partial charge in [0.05, 0.1) is 17.7 Å². The van der Waals surface area contributed by atoms with E-state index in [1.807, 2.05) is 48.1 Å². The largest absolute Gasteiger partial charge is 0.506 e. The minimum atomic E-state index is -0.245. The number of benzene rings is 2. The van der Waals surface area contributed by atoms with E-state index in [4.69, 9.17) is 0 Å². The molecule has 1 N–H and O–H groups in total. The first kappa shape index (κ1) is 18.1. The maximum Gasteiger partial charge on any atom is 0.140 e. The summed E-state index contributed by atoms with van der Waals surface area (Å²) < 4.78 is 17.0. The zero-order valence-electron chi connectivity index (χ0n) is 16.3. The molecule has 0 bridgehead atoms. The Morgan fingerprint density at radius 1 is 1.00 bits per heavy atom. The van der Waals surface area contributed by atoms with E-state index in [9.17, 15) is 9.50 Å². The molecule has 0 amide bonds. The van der Waals surface area contributed by atoms with Gasteiger partial charge in [-0.1, -0.05) is 18.2 Å². The van der Waals surface area contributed by atoms with Crippen molar-refractivity contribution in [2.75, 3.05) is 0 Å². The highest BCUT2D eigenvalue weighted by molar-refractivity contribution is 5.93. The van der Waals surface area contributed by atoms with Crippen LogP contribution in [0.4, 0.5) is 4.39 Å². The number of rotatable bonds is 4. The van der Waals surface area contributed by atoms with Crippen molar-refractivity contribution in [2.45, 2.75) is 13.5 Å². The number of nitrogens with zero attached hydrogens (tertiary/aromatic N) is 4. The molecular formula is C24H19FN4O. The van der Waals surface area contributed by atoms with Gasteiger partial charge in [-0.15, -0.1) is 0 Å². The van der Waals surface area contributed by atoms with Gasteiger partial charge in [0.2, 0.25) is 0 Å². The summed E-state index contributed by atoms with van der Waals surface area (Å²) in [6, 6.07) is 16.1. The lowest BCUT2D eigenvalue weighted by atomic mass is 10.0. The van der Waals surface area contributed by atoms with Gasteiger partial charge in [0.1, 0.15) is 17.2 Å². The van der Waals surface area contributed by atoms with Crippen LogP contribution in [0.1, 0.15) is 11.3 Å². The molecule has 0 fully saturated rings. The van der Waals surface area contributed by atoms with Crippen LogP contribution in [-0.2, 0) is 6.54 Å². The van der Waals surface area contributed by atoms with Crippen LogP contribution < -0.4 is 0 Å². The summed E-state index contributed by atoms with van der Waals surface area (Å²) in [6.07, 6.45) is 7.30. The summed E-state index contributed by atoms with van der Waals surface area (Å²) in [7, 11) is 0. The molecule has 5 rings (SSSR count). The van der Waals surface area contributed by atoms with Crippen molar-refractivity contribution in [3.8, 4) is 22.6 Å². The van der Waals surface area contributed by atoms with Crippen molar-refractivity contribution in [1.82, 2.24) is 19.1 Å². The fraction of sp³-hybridized carbons (Fsp3) is 0.0833. The summed E-state index contributed by atoms with van der Waals surface area (Å²) in [6.45, 7) is 2.51. The number of hydrogen-bond acceptors (Lipinski definition) is 3. The van der Waals surface area contributed by atoms with E-state index in [1.165, 1.54) is 12.1 Å². The summed E-state index contributed by atoms with van der Waals surface area (Å²) in [5.74, 6) is -0.0637. The Morgan fingerprint density at radius 2 is 1.83 bits per heavy atom. The van der Waals surface area contributed by atoms with Crippen molar-refractivity contribution in [3.63, 3.8) is 0 Å². The fourth-order valence-corrected chi connectivity index (χ4v) is 3.72. The number of halogens is 1. The molecule has 2 aromatic carbocycles. The third-order valence-electron chi connectivity index (χ3n) is 5.20. The van der Waals surface area contributed by atoms with Gasteiger partial charge in [-0.05, 0) is 60.0 Å². The molecule has 6 heteroatoms. The number of aromatic hydroxyl groups is 1. The lowest BCUT2D eigenvalue weighted by Crippen LogP contribution is -1.99. The van der Waals surface area contributed by atoms with Crippen LogP contribution in [0.5, 0.6) is 5.75 Å². The lowest BCUT2D eigenvalue weighted by Gasteiger charge is -2.10. The van der Waals surface area contributed by atoms with Crippen LogP contribution in [-0.4, -0.2) is 24.2 Å². The number of aromatic nitrogens is 4. The number of phenols is 1. The SMILES string of the molecule is Cc1cn(-c2ccc(-c3ccnc4c3ccn4Cc3ccc(F)cc3)cc2O)cn1. The zero-order valence-corrected chi connectivity index (χ0v) is 16.3. The molecule has 3 heterocycles. The van der Waals surface area contributed by atoms with Crippen LogP contribution in [0, 0.1) is 12.7 Å². The number of aryl methyl sites for hydroxylation is 1.